The quantitative estimate of drug-likeness (QED) is 0.636. The van der Waals surface area contributed by atoms with Gasteiger partial charge in [-0.25, -0.2) is 4.57 Å². The minimum Gasteiger partial charge on any atom is -0.201 e. The van der Waals surface area contributed by atoms with Crippen molar-refractivity contribution in [2.75, 3.05) is 0 Å². The van der Waals surface area contributed by atoms with Crippen molar-refractivity contribution in [3.8, 4) is 11.3 Å². The van der Waals surface area contributed by atoms with Gasteiger partial charge in [-0.2, -0.15) is 0 Å². The predicted molar refractivity (Wildman–Crippen MR) is 104 cm³/mol. The van der Waals surface area contributed by atoms with Crippen LogP contribution < -0.4 is 4.57 Å². The van der Waals surface area contributed by atoms with Gasteiger partial charge < -0.3 is 0 Å². The van der Waals surface area contributed by atoms with Crippen LogP contribution in [-0.2, 0) is 17.9 Å². The molecule has 1 nitrogen and oxygen atoms in total. The standard InChI is InChI=1S/C23H34N/c1-16(2)23(7,8)19-12-13-21(24(9)15-19)20-14-18(22(4,5)6)11-10-17(20)3/h10-16H,1-9H3/q+1. The van der Waals surface area contributed by atoms with Crippen LogP contribution in [0.15, 0.2) is 36.5 Å². The van der Waals surface area contributed by atoms with Gasteiger partial charge >= 0.3 is 0 Å². The number of rotatable bonds is 3. The van der Waals surface area contributed by atoms with Crippen molar-refractivity contribution in [3.05, 3.63) is 53.2 Å². The van der Waals surface area contributed by atoms with Gasteiger partial charge in [-0.05, 0) is 46.9 Å². The lowest BCUT2D eigenvalue weighted by Gasteiger charge is -2.28. The van der Waals surface area contributed by atoms with Crippen molar-refractivity contribution in [2.45, 2.75) is 66.2 Å². The summed E-state index contributed by atoms with van der Waals surface area (Å²) >= 11 is 0. The molecule has 0 aliphatic carbocycles. The van der Waals surface area contributed by atoms with Gasteiger partial charge in [0.05, 0.1) is 0 Å². The molecule has 0 saturated heterocycles. The number of hydrogen-bond acceptors (Lipinski definition) is 0. The Bertz CT molecular complexity index is 730. The summed E-state index contributed by atoms with van der Waals surface area (Å²) < 4.78 is 2.29. The molecule has 0 aliphatic heterocycles. The zero-order valence-electron chi connectivity index (χ0n) is 17.0. The van der Waals surface area contributed by atoms with Crippen molar-refractivity contribution < 1.29 is 4.57 Å². The van der Waals surface area contributed by atoms with Crippen molar-refractivity contribution >= 4 is 0 Å². The fourth-order valence-electron chi connectivity index (χ4n) is 2.97. The first-order chi connectivity index (χ1) is 10.9. The van der Waals surface area contributed by atoms with Crippen LogP contribution in [0.5, 0.6) is 0 Å². The Kier molecular flexibility index (Phi) is 4.95. The molecule has 24 heavy (non-hydrogen) atoms. The van der Waals surface area contributed by atoms with Crippen LogP contribution in [0.1, 0.15) is 65.2 Å². The Hall–Kier alpha value is -1.63. The largest absolute Gasteiger partial charge is 0.212 e. The highest BCUT2D eigenvalue weighted by atomic mass is 14.9. The van der Waals surface area contributed by atoms with E-state index in [1.807, 2.05) is 0 Å². The van der Waals surface area contributed by atoms with Crippen LogP contribution in [0.2, 0.25) is 0 Å². The minimum atomic E-state index is 0.167. The van der Waals surface area contributed by atoms with Crippen LogP contribution in [0.25, 0.3) is 11.3 Å². The molecular weight excluding hydrogens is 290 g/mol. The Morgan fingerprint density at radius 2 is 1.46 bits per heavy atom. The van der Waals surface area contributed by atoms with Crippen LogP contribution in [0, 0.1) is 12.8 Å². The average molecular weight is 325 g/mol. The van der Waals surface area contributed by atoms with E-state index in [0.29, 0.717) is 5.92 Å². The maximum atomic E-state index is 2.36. The van der Waals surface area contributed by atoms with Crippen molar-refractivity contribution in [1.82, 2.24) is 0 Å². The van der Waals surface area contributed by atoms with E-state index in [9.17, 15) is 0 Å². The lowest BCUT2D eigenvalue weighted by Crippen LogP contribution is -2.35. The van der Waals surface area contributed by atoms with E-state index in [0.717, 1.165) is 0 Å². The number of nitrogens with zero attached hydrogens (tertiary/aromatic N) is 1. The highest BCUT2D eigenvalue weighted by Gasteiger charge is 2.28. The Labute approximate surface area is 148 Å². The van der Waals surface area contributed by atoms with Gasteiger partial charge in [0.1, 0.15) is 7.05 Å². The number of benzene rings is 1. The number of aromatic nitrogens is 1. The molecule has 1 heterocycles. The van der Waals surface area contributed by atoms with E-state index >= 15 is 0 Å². The summed E-state index contributed by atoms with van der Waals surface area (Å²) in [7, 11) is 2.17. The summed E-state index contributed by atoms with van der Waals surface area (Å²) in [4.78, 5) is 0. The van der Waals surface area contributed by atoms with E-state index in [-0.39, 0.29) is 10.8 Å². The Morgan fingerprint density at radius 1 is 0.875 bits per heavy atom. The smallest absolute Gasteiger partial charge is 0.201 e. The summed E-state index contributed by atoms with van der Waals surface area (Å²) in [5, 5.41) is 0. The molecule has 2 aromatic rings. The molecule has 2 rings (SSSR count). The van der Waals surface area contributed by atoms with Gasteiger partial charge in [0.25, 0.3) is 0 Å². The normalized spacial score (nSPS) is 12.8. The minimum absolute atomic E-state index is 0.167. The zero-order valence-corrected chi connectivity index (χ0v) is 17.0. The maximum absolute atomic E-state index is 2.36. The van der Waals surface area contributed by atoms with E-state index in [2.05, 4.69) is 104 Å². The molecule has 0 amide bonds. The van der Waals surface area contributed by atoms with Gasteiger partial charge in [-0.1, -0.05) is 60.6 Å². The maximum Gasteiger partial charge on any atom is 0.212 e. The molecule has 1 aromatic carbocycles. The van der Waals surface area contributed by atoms with Crippen LogP contribution in [0.4, 0.5) is 0 Å². The van der Waals surface area contributed by atoms with Gasteiger partial charge in [-0.3, -0.25) is 0 Å². The molecule has 0 unspecified atom stereocenters. The fourth-order valence-corrected chi connectivity index (χ4v) is 2.97. The van der Waals surface area contributed by atoms with Gasteiger partial charge in [0, 0.05) is 17.2 Å². The number of hydrogen-bond donors (Lipinski definition) is 0. The van der Waals surface area contributed by atoms with Crippen LogP contribution >= 0.6 is 0 Å². The van der Waals surface area contributed by atoms with E-state index in [1.54, 1.807) is 0 Å². The average Bonchev–Trinajstić information content (AvgIpc) is 2.46. The second-order valence-electron chi connectivity index (χ2n) is 9.07. The Morgan fingerprint density at radius 3 is 1.96 bits per heavy atom. The third kappa shape index (κ3) is 3.55. The third-order valence-corrected chi connectivity index (χ3v) is 5.70. The molecule has 0 bridgehead atoms. The van der Waals surface area contributed by atoms with Gasteiger partial charge in [0.2, 0.25) is 5.69 Å². The SMILES string of the molecule is Cc1ccc(C(C)(C)C)cc1-c1ccc(C(C)(C)C(C)C)c[n+]1C. The molecule has 0 fully saturated rings. The highest BCUT2D eigenvalue weighted by molar-refractivity contribution is 5.62. The van der Waals surface area contributed by atoms with E-state index < -0.39 is 0 Å². The summed E-state index contributed by atoms with van der Waals surface area (Å²) in [5.74, 6) is 0.606. The second-order valence-corrected chi connectivity index (χ2v) is 9.07. The molecule has 0 saturated carbocycles. The topological polar surface area (TPSA) is 3.88 Å². The monoisotopic (exact) mass is 324 g/mol. The highest BCUT2D eigenvalue weighted by Crippen LogP contribution is 2.32. The number of pyridine rings is 1. The lowest BCUT2D eigenvalue weighted by molar-refractivity contribution is -0.661. The molecule has 1 heteroatoms. The summed E-state index contributed by atoms with van der Waals surface area (Å²) in [6, 6.07) is 11.5. The molecule has 0 radical (unpaired) electrons. The molecule has 0 spiro atoms. The predicted octanol–water partition coefficient (Wildman–Crippen LogP) is 5.72. The first kappa shape index (κ1) is 18.7. The number of aryl methyl sites for hydroxylation is 2. The molecular formula is C23H34N+. The Balaban J connectivity index is 2.55. The molecule has 0 atom stereocenters. The third-order valence-electron chi connectivity index (χ3n) is 5.70. The van der Waals surface area contributed by atoms with Gasteiger partial charge in [0.15, 0.2) is 6.20 Å². The molecule has 1 aromatic heterocycles. The fraction of sp³-hybridized carbons (Fsp3) is 0.522. The first-order valence-corrected chi connectivity index (χ1v) is 9.06. The molecule has 0 aliphatic rings. The van der Waals surface area contributed by atoms with Crippen LogP contribution in [0.3, 0.4) is 0 Å². The van der Waals surface area contributed by atoms with Crippen LogP contribution in [-0.4, -0.2) is 0 Å². The summed E-state index contributed by atoms with van der Waals surface area (Å²) in [5.41, 5.74) is 7.07. The van der Waals surface area contributed by atoms with Crippen molar-refractivity contribution in [3.63, 3.8) is 0 Å². The van der Waals surface area contributed by atoms with E-state index in [1.165, 1.54) is 27.9 Å². The first-order valence-electron chi connectivity index (χ1n) is 9.06. The lowest BCUT2D eigenvalue weighted by atomic mass is 9.76. The molecule has 0 N–H and O–H groups in total. The van der Waals surface area contributed by atoms with Crippen molar-refractivity contribution in [2.24, 2.45) is 13.0 Å². The zero-order chi connectivity index (χ0) is 18.3. The second kappa shape index (κ2) is 6.35. The van der Waals surface area contributed by atoms with Crippen molar-refractivity contribution in [1.29, 1.82) is 0 Å². The summed E-state index contributed by atoms with van der Waals surface area (Å²) in [6.45, 7) is 18.3. The van der Waals surface area contributed by atoms with E-state index in [4.69, 9.17) is 0 Å². The van der Waals surface area contributed by atoms with Gasteiger partial charge in [-0.15, -0.1) is 0 Å². The summed E-state index contributed by atoms with van der Waals surface area (Å²) in [6.07, 6.45) is 2.30. The molecule has 130 valence electrons.